The quantitative estimate of drug-likeness (QED) is 0.917. The maximum atomic E-state index is 3.54. The maximum absolute atomic E-state index is 3.54. The Balaban J connectivity index is 1.76. The summed E-state index contributed by atoms with van der Waals surface area (Å²) in [4.78, 5) is 5.18. The van der Waals surface area contributed by atoms with Crippen molar-refractivity contribution >= 4 is 0 Å². The number of hydrogen-bond acceptors (Lipinski definition) is 3. The Morgan fingerprint density at radius 1 is 1.00 bits per heavy atom. The highest BCUT2D eigenvalue weighted by atomic mass is 15.2. The molecular weight excluding hydrogens is 258 g/mol. The van der Waals surface area contributed by atoms with Crippen LogP contribution in [0.5, 0.6) is 0 Å². The minimum atomic E-state index is 0.357. The standard InChI is InChI=1S/C18H29N3/c1-20-12-5-13-21(15-14-20)16-18(8-10-19-11-9-18)17-6-3-2-4-7-17/h2-4,6-7,19H,5,8-16H2,1H3. The van der Waals surface area contributed by atoms with Gasteiger partial charge in [0.1, 0.15) is 0 Å². The lowest BCUT2D eigenvalue weighted by Crippen LogP contribution is -2.48. The zero-order valence-electron chi connectivity index (χ0n) is 13.4. The summed E-state index contributed by atoms with van der Waals surface area (Å²) in [5.41, 5.74) is 1.90. The Hall–Kier alpha value is -0.900. The van der Waals surface area contributed by atoms with Crippen LogP contribution < -0.4 is 5.32 Å². The van der Waals surface area contributed by atoms with E-state index < -0.39 is 0 Å². The van der Waals surface area contributed by atoms with Gasteiger partial charge in [-0.3, -0.25) is 0 Å². The average Bonchev–Trinajstić information content (AvgIpc) is 2.74. The second-order valence-electron chi connectivity index (χ2n) is 6.83. The van der Waals surface area contributed by atoms with Crippen LogP contribution in [0.4, 0.5) is 0 Å². The molecule has 0 bridgehead atoms. The molecule has 1 aromatic rings. The molecule has 3 rings (SSSR count). The molecule has 0 amide bonds. The van der Waals surface area contributed by atoms with Crippen molar-refractivity contribution in [3.8, 4) is 0 Å². The molecular formula is C18H29N3. The number of nitrogens with one attached hydrogen (secondary N) is 1. The summed E-state index contributed by atoms with van der Waals surface area (Å²) < 4.78 is 0. The van der Waals surface area contributed by atoms with Gasteiger partial charge in [0.25, 0.3) is 0 Å². The predicted molar refractivity (Wildman–Crippen MR) is 88.8 cm³/mol. The topological polar surface area (TPSA) is 18.5 Å². The van der Waals surface area contributed by atoms with Crippen molar-refractivity contribution in [2.75, 3.05) is 52.9 Å². The third kappa shape index (κ3) is 3.65. The molecule has 0 unspecified atom stereocenters. The molecule has 1 N–H and O–H groups in total. The van der Waals surface area contributed by atoms with E-state index in [0.717, 1.165) is 13.1 Å². The fraction of sp³-hybridized carbons (Fsp3) is 0.667. The van der Waals surface area contributed by atoms with E-state index in [0.29, 0.717) is 5.41 Å². The first kappa shape index (κ1) is 15.0. The SMILES string of the molecule is CN1CCCN(CC2(c3ccccc3)CCNCC2)CC1. The Morgan fingerprint density at radius 2 is 1.76 bits per heavy atom. The van der Waals surface area contributed by atoms with E-state index in [4.69, 9.17) is 0 Å². The van der Waals surface area contributed by atoms with E-state index in [1.165, 1.54) is 52.0 Å². The molecule has 0 saturated carbocycles. The van der Waals surface area contributed by atoms with E-state index in [-0.39, 0.29) is 0 Å². The first-order chi connectivity index (χ1) is 10.3. The molecule has 2 aliphatic rings. The molecule has 21 heavy (non-hydrogen) atoms. The van der Waals surface area contributed by atoms with Crippen LogP contribution in [0.1, 0.15) is 24.8 Å². The lowest BCUT2D eigenvalue weighted by atomic mass is 9.72. The first-order valence-corrected chi connectivity index (χ1v) is 8.46. The van der Waals surface area contributed by atoms with Crippen LogP contribution in [0.25, 0.3) is 0 Å². The van der Waals surface area contributed by atoms with E-state index in [1.807, 2.05) is 0 Å². The van der Waals surface area contributed by atoms with Crippen molar-refractivity contribution in [3.05, 3.63) is 35.9 Å². The largest absolute Gasteiger partial charge is 0.317 e. The van der Waals surface area contributed by atoms with Gasteiger partial charge in [-0.05, 0) is 58.1 Å². The molecule has 0 spiro atoms. The van der Waals surface area contributed by atoms with Crippen LogP contribution in [0, 0.1) is 0 Å². The number of benzene rings is 1. The molecule has 116 valence electrons. The Bertz CT molecular complexity index is 425. The Labute approximate surface area is 129 Å². The van der Waals surface area contributed by atoms with Gasteiger partial charge in [-0.25, -0.2) is 0 Å². The van der Waals surface area contributed by atoms with Crippen molar-refractivity contribution < 1.29 is 0 Å². The van der Waals surface area contributed by atoms with Gasteiger partial charge in [-0.15, -0.1) is 0 Å². The minimum Gasteiger partial charge on any atom is -0.317 e. The molecule has 1 aromatic carbocycles. The summed E-state index contributed by atoms with van der Waals surface area (Å²) in [5, 5.41) is 3.54. The van der Waals surface area contributed by atoms with Gasteiger partial charge >= 0.3 is 0 Å². The second kappa shape index (κ2) is 6.91. The van der Waals surface area contributed by atoms with Crippen LogP contribution in [-0.4, -0.2) is 62.7 Å². The predicted octanol–water partition coefficient (Wildman–Crippen LogP) is 1.95. The highest BCUT2D eigenvalue weighted by molar-refractivity contribution is 5.27. The van der Waals surface area contributed by atoms with Crippen LogP contribution in [0.3, 0.4) is 0 Å². The highest BCUT2D eigenvalue weighted by Gasteiger charge is 2.35. The molecule has 0 radical (unpaired) electrons. The summed E-state index contributed by atoms with van der Waals surface area (Å²) in [6.45, 7) is 8.47. The van der Waals surface area contributed by atoms with Gasteiger partial charge in [0.2, 0.25) is 0 Å². The molecule has 2 heterocycles. The van der Waals surface area contributed by atoms with Crippen molar-refractivity contribution in [3.63, 3.8) is 0 Å². The zero-order valence-corrected chi connectivity index (χ0v) is 13.4. The molecule has 0 aliphatic carbocycles. The van der Waals surface area contributed by atoms with Crippen LogP contribution >= 0.6 is 0 Å². The van der Waals surface area contributed by atoms with Gasteiger partial charge < -0.3 is 15.1 Å². The lowest BCUT2D eigenvalue weighted by Gasteiger charge is -2.42. The Morgan fingerprint density at radius 3 is 2.52 bits per heavy atom. The van der Waals surface area contributed by atoms with E-state index >= 15 is 0 Å². The normalized spacial score (nSPS) is 24.6. The zero-order chi connectivity index (χ0) is 14.5. The highest BCUT2D eigenvalue weighted by Crippen LogP contribution is 2.34. The molecule has 0 aromatic heterocycles. The third-order valence-electron chi connectivity index (χ3n) is 5.29. The molecule has 2 saturated heterocycles. The number of nitrogens with zero attached hydrogens (tertiary/aromatic N) is 2. The summed E-state index contributed by atoms with van der Waals surface area (Å²) >= 11 is 0. The summed E-state index contributed by atoms with van der Waals surface area (Å²) in [7, 11) is 2.25. The van der Waals surface area contributed by atoms with Crippen LogP contribution in [0.15, 0.2) is 30.3 Å². The number of piperidine rings is 1. The van der Waals surface area contributed by atoms with Gasteiger partial charge in [-0.1, -0.05) is 30.3 Å². The maximum Gasteiger partial charge on any atom is 0.0110 e. The summed E-state index contributed by atoms with van der Waals surface area (Å²) in [5.74, 6) is 0. The van der Waals surface area contributed by atoms with Crippen LogP contribution in [0.2, 0.25) is 0 Å². The second-order valence-corrected chi connectivity index (χ2v) is 6.83. The van der Waals surface area contributed by atoms with Gasteiger partial charge in [0, 0.05) is 25.0 Å². The molecule has 3 heteroatoms. The van der Waals surface area contributed by atoms with Gasteiger partial charge in [-0.2, -0.15) is 0 Å². The van der Waals surface area contributed by atoms with E-state index in [2.05, 4.69) is 52.5 Å². The summed E-state index contributed by atoms with van der Waals surface area (Å²) in [6.07, 6.45) is 3.84. The minimum absolute atomic E-state index is 0.357. The van der Waals surface area contributed by atoms with Crippen molar-refractivity contribution in [2.45, 2.75) is 24.7 Å². The van der Waals surface area contributed by atoms with Crippen molar-refractivity contribution in [2.24, 2.45) is 0 Å². The Kier molecular flexibility index (Phi) is 4.94. The molecule has 0 atom stereocenters. The van der Waals surface area contributed by atoms with E-state index in [1.54, 1.807) is 5.56 Å². The third-order valence-corrected chi connectivity index (χ3v) is 5.29. The summed E-state index contributed by atoms with van der Waals surface area (Å²) in [6, 6.07) is 11.2. The lowest BCUT2D eigenvalue weighted by molar-refractivity contribution is 0.178. The number of hydrogen-bond donors (Lipinski definition) is 1. The van der Waals surface area contributed by atoms with Crippen LogP contribution in [-0.2, 0) is 5.41 Å². The van der Waals surface area contributed by atoms with Gasteiger partial charge in [0.05, 0.1) is 0 Å². The average molecular weight is 287 g/mol. The number of likely N-dealkylation sites (N-methyl/N-ethyl adjacent to an activating group) is 1. The van der Waals surface area contributed by atoms with Gasteiger partial charge in [0.15, 0.2) is 0 Å². The van der Waals surface area contributed by atoms with Crippen molar-refractivity contribution in [1.29, 1.82) is 0 Å². The molecule has 2 fully saturated rings. The number of rotatable bonds is 3. The van der Waals surface area contributed by atoms with Crippen molar-refractivity contribution in [1.82, 2.24) is 15.1 Å². The fourth-order valence-corrected chi connectivity index (χ4v) is 3.92. The monoisotopic (exact) mass is 287 g/mol. The fourth-order valence-electron chi connectivity index (χ4n) is 3.92. The molecule has 3 nitrogen and oxygen atoms in total. The van der Waals surface area contributed by atoms with E-state index in [9.17, 15) is 0 Å². The molecule has 2 aliphatic heterocycles. The first-order valence-electron chi connectivity index (χ1n) is 8.46. The smallest absolute Gasteiger partial charge is 0.0110 e.